The summed E-state index contributed by atoms with van der Waals surface area (Å²) in [5.74, 6) is 2.23. The number of rotatable bonds is 5. The van der Waals surface area contributed by atoms with Gasteiger partial charge in [0.2, 0.25) is 6.79 Å². The minimum atomic E-state index is -0.331. The molecular formula is C27H20O6. The normalized spacial score (nSPS) is 13.7. The predicted octanol–water partition coefficient (Wildman–Crippen LogP) is 5.49. The maximum Gasteiger partial charge on any atom is 0.339 e. The van der Waals surface area contributed by atoms with Crippen molar-refractivity contribution in [2.24, 2.45) is 0 Å². The van der Waals surface area contributed by atoms with Crippen LogP contribution in [-0.4, -0.2) is 19.9 Å². The van der Waals surface area contributed by atoms with Crippen molar-refractivity contribution >= 4 is 16.7 Å². The fraction of sp³-hybridized carbons (Fsp3) is 0.148. The van der Waals surface area contributed by atoms with Gasteiger partial charge in [-0.25, -0.2) is 4.79 Å². The molecule has 0 fully saturated rings. The van der Waals surface area contributed by atoms with E-state index in [2.05, 4.69) is 0 Å². The summed E-state index contributed by atoms with van der Waals surface area (Å²) >= 11 is 0. The van der Waals surface area contributed by atoms with Gasteiger partial charge in [-0.1, -0.05) is 36.4 Å². The van der Waals surface area contributed by atoms with Crippen LogP contribution in [0.5, 0.6) is 23.0 Å². The van der Waals surface area contributed by atoms with Gasteiger partial charge in [0.1, 0.15) is 13.2 Å². The molecule has 0 unspecified atom stereocenters. The molecule has 6 heteroatoms. The molecule has 0 bridgehead atoms. The number of esters is 1. The number of carbonyl (C=O) groups is 1. The molecule has 33 heavy (non-hydrogen) atoms. The van der Waals surface area contributed by atoms with E-state index in [1.165, 1.54) is 0 Å². The number of hydrogen-bond acceptors (Lipinski definition) is 6. The third-order valence-corrected chi connectivity index (χ3v) is 5.97. The van der Waals surface area contributed by atoms with Crippen LogP contribution < -0.4 is 18.9 Å². The van der Waals surface area contributed by atoms with E-state index in [-0.39, 0.29) is 19.4 Å². The van der Waals surface area contributed by atoms with Crippen molar-refractivity contribution < 1.29 is 28.5 Å². The van der Waals surface area contributed by atoms with Gasteiger partial charge in [0, 0.05) is 11.1 Å². The number of methoxy groups -OCH3 is 1. The van der Waals surface area contributed by atoms with E-state index in [0.717, 1.165) is 33.0 Å². The first-order chi connectivity index (χ1) is 16.2. The van der Waals surface area contributed by atoms with Crippen LogP contribution in [0.4, 0.5) is 0 Å². The van der Waals surface area contributed by atoms with E-state index in [4.69, 9.17) is 23.7 Å². The Morgan fingerprint density at radius 2 is 1.70 bits per heavy atom. The van der Waals surface area contributed by atoms with E-state index in [9.17, 15) is 4.79 Å². The summed E-state index contributed by atoms with van der Waals surface area (Å²) in [5, 5.41) is 1.80. The zero-order valence-electron chi connectivity index (χ0n) is 17.9. The topological polar surface area (TPSA) is 63.2 Å². The Kier molecular flexibility index (Phi) is 4.57. The van der Waals surface area contributed by atoms with Crippen LogP contribution in [0.3, 0.4) is 0 Å². The SMILES string of the molecule is COc1cc2c(-c3ccc4c(c3)OCO4)c3c(cc2cc1OCc1ccccc1)COC3=O. The van der Waals surface area contributed by atoms with Crippen LogP contribution >= 0.6 is 0 Å². The van der Waals surface area contributed by atoms with Crippen molar-refractivity contribution in [3.05, 3.63) is 83.4 Å². The molecule has 6 nitrogen and oxygen atoms in total. The molecular weight excluding hydrogens is 420 g/mol. The summed E-state index contributed by atoms with van der Waals surface area (Å²) in [5.41, 5.74) is 4.12. The molecule has 4 aromatic rings. The molecule has 2 heterocycles. The summed E-state index contributed by atoms with van der Waals surface area (Å²) in [4.78, 5) is 12.7. The quantitative estimate of drug-likeness (QED) is 0.382. The third kappa shape index (κ3) is 3.31. The average Bonchev–Trinajstić information content (AvgIpc) is 3.47. The zero-order chi connectivity index (χ0) is 22.4. The van der Waals surface area contributed by atoms with Gasteiger partial charge < -0.3 is 23.7 Å². The lowest BCUT2D eigenvalue weighted by molar-refractivity contribution is 0.0535. The molecule has 4 aromatic carbocycles. The lowest BCUT2D eigenvalue weighted by Crippen LogP contribution is -2.01. The first-order valence-corrected chi connectivity index (χ1v) is 10.6. The highest BCUT2D eigenvalue weighted by Gasteiger charge is 2.29. The Morgan fingerprint density at radius 1 is 0.848 bits per heavy atom. The molecule has 0 radical (unpaired) electrons. The second-order valence-corrected chi connectivity index (χ2v) is 7.93. The smallest absolute Gasteiger partial charge is 0.339 e. The fourth-order valence-corrected chi connectivity index (χ4v) is 4.39. The van der Waals surface area contributed by atoms with Crippen molar-refractivity contribution in [3.8, 4) is 34.1 Å². The average molecular weight is 440 g/mol. The Balaban J connectivity index is 1.52. The number of fused-ring (bicyclic) bond motifs is 3. The van der Waals surface area contributed by atoms with Gasteiger partial charge in [-0.2, -0.15) is 0 Å². The first kappa shape index (κ1) is 19.5. The fourth-order valence-electron chi connectivity index (χ4n) is 4.39. The Labute approximate surface area is 190 Å². The number of ether oxygens (including phenoxy) is 5. The van der Waals surface area contributed by atoms with Crippen LogP contribution in [0, 0.1) is 0 Å². The molecule has 0 saturated carbocycles. The van der Waals surface area contributed by atoms with Gasteiger partial charge in [-0.15, -0.1) is 0 Å². The zero-order valence-corrected chi connectivity index (χ0v) is 17.9. The number of carbonyl (C=O) groups excluding carboxylic acids is 1. The molecule has 0 amide bonds. The van der Waals surface area contributed by atoms with Crippen molar-refractivity contribution in [1.82, 2.24) is 0 Å². The summed E-state index contributed by atoms with van der Waals surface area (Å²) < 4.78 is 28.2. The van der Waals surface area contributed by atoms with E-state index >= 15 is 0 Å². The largest absolute Gasteiger partial charge is 0.493 e. The molecule has 0 N–H and O–H groups in total. The molecule has 0 aromatic heterocycles. The Hall–Kier alpha value is -4.19. The van der Waals surface area contributed by atoms with Crippen molar-refractivity contribution in [1.29, 1.82) is 0 Å². The van der Waals surface area contributed by atoms with Crippen LogP contribution in [-0.2, 0) is 18.0 Å². The summed E-state index contributed by atoms with van der Waals surface area (Å²) in [6.07, 6.45) is 0. The lowest BCUT2D eigenvalue weighted by atomic mass is 9.90. The minimum absolute atomic E-state index is 0.185. The first-order valence-electron chi connectivity index (χ1n) is 10.6. The molecule has 0 aliphatic carbocycles. The monoisotopic (exact) mass is 440 g/mol. The third-order valence-electron chi connectivity index (χ3n) is 5.97. The Bertz CT molecular complexity index is 1390. The number of hydrogen-bond donors (Lipinski definition) is 0. The molecule has 2 aliphatic heterocycles. The van der Waals surface area contributed by atoms with E-state index < -0.39 is 0 Å². The van der Waals surface area contributed by atoms with Gasteiger partial charge >= 0.3 is 5.97 Å². The van der Waals surface area contributed by atoms with Crippen molar-refractivity contribution in [3.63, 3.8) is 0 Å². The lowest BCUT2D eigenvalue weighted by Gasteiger charge is -2.16. The summed E-state index contributed by atoms with van der Waals surface area (Å²) in [7, 11) is 1.61. The van der Waals surface area contributed by atoms with Gasteiger partial charge in [0.15, 0.2) is 23.0 Å². The summed E-state index contributed by atoms with van der Waals surface area (Å²) in [6, 6.07) is 21.5. The summed E-state index contributed by atoms with van der Waals surface area (Å²) in [6.45, 7) is 0.850. The molecule has 0 saturated heterocycles. The van der Waals surface area contributed by atoms with Gasteiger partial charge in [0.25, 0.3) is 0 Å². The van der Waals surface area contributed by atoms with Gasteiger partial charge in [-0.3, -0.25) is 0 Å². The van der Waals surface area contributed by atoms with E-state index in [1.54, 1.807) is 7.11 Å². The van der Waals surface area contributed by atoms with Gasteiger partial charge in [-0.05, 0) is 52.2 Å². The number of benzene rings is 4. The molecule has 6 rings (SSSR count). The second-order valence-electron chi connectivity index (χ2n) is 7.93. The van der Waals surface area contributed by atoms with Crippen LogP contribution in [0.2, 0.25) is 0 Å². The predicted molar refractivity (Wildman–Crippen MR) is 122 cm³/mol. The maximum absolute atomic E-state index is 12.7. The molecule has 2 aliphatic rings. The van der Waals surface area contributed by atoms with Crippen molar-refractivity contribution in [2.45, 2.75) is 13.2 Å². The Morgan fingerprint density at radius 3 is 2.55 bits per heavy atom. The highest BCUT2D eigenvalue weighted by Crippen LogP contribution is 2.45. The minimum Gasteiger partial charge on any atom is -0.493 e. The van der Waals surface area contributed by atoms with E-state index in [1.807, 2.05) is 66.7 Å². The standard InChI is InChI=1S/C27H20O6/c1-29-22-12-20-18(11-24(22)30-13-16-5-3-2-4-6-16)9-19-14-31-27(28)26(19)25(20)17-7-8-21-23(10-17)33-15-32-21/h2-12H,13-15H2,1H3. The molecule has 0 atom stereocenters. The van der Waals surface area contributed by atoms with Crippen LogP contribution in [0.1, 0.15) is 21.5 Å². The van der Waals surface area contributed by atoms with Crippen LogP contribution in [0.15, 0.2) is 66.7 Å². The van der Waals surface area contributed by atoms with E-state index in [0.29, 0.717) is 35.2 Å². The molecule has 164 valence electrons. The van der Waals surface area contributed by atoms with Gasteiger partial charge in [0.05, 0.1) is 12.7 Å². The van der Waals surface area contributed by atoms with Crippen LogP contribution in [0.25, 0.3) is 21.9 Å². The number of cyclic esters (lactones) is 1. The second kappa shape index (κ2) is 7.74. The highest BCUT2D eigenvalue weighted by molar-refractivity contribution is 6.11. The van der Waals surface area contributed by atoms with Crippen molar-refractivity contribution in [2.75, 3.05) is 13.9 Å². The molecule has 0 spiro atoms. The maximum atomic E-state index is 12.7. The highest BCUT2D eigenvalue weighted by atomic mass is 16.7.